The fourth-order valence-electron chi connectivity index (χ4n) is 2.22. The van der Waals surface area contributed by atoms with Gasteiger partial charge in [0.1, 0.15) is 5.82 Å². The first-order chi connectivity index (χ1) is 7.18. The summed E-state index contributed by atoms with van der Waals surface area (Å²) in [6, 6.07) is 0.545. The van der Waals surface area contributed by atoms with Crippen LogP contribution >= 0.6 is 0 Å². The highest BCUT2D eigenvalue weighted by atomic mass is 15.3. The lowest BCUT2D eigenvalue weighted by molar-refractivity contribution is 0.248. The lowest BCUT2D eigenvalue weighted by atomic mass is 10.0. The fourth-order valence-corrected chi connectivity index (χ4v) is 2.22. The molecule has 5 nitrogen and oxygen atoms in total. The highest BCUT2D eigenvalue weighted by molar-refractivity contribution is 5.62. The zero-order chi connectivity index (χ0) is 10.8. The van der Waals surface area contributed by atoms with E-state index in [1.165, 1.54) is 19.4 Å². The molecule has 1 aromatic rings. The molecule has 84 valence electrons. The Kier molecular flexibility index (Phi) is 2.81. The van der Waals surface area contributed by atoms with Crippen LogP contribution in [-0.2, 0) is 0 Å². The molecule has 1 unspecified atom stereocenters. The van der Waals surface area contributed by atoms with E-state index in [-0.39, 0.29) is 0 Å². The first-order valence-electron chi connectivity index (χ1n) is 5.38. The topological polar surface area (TPSA) is 61.2 Å². The summed E-state index contributed by atoms with van der Waals surface area (Å²) in [6.45, 7) is 2.30. The number of piperidine rings is 1. The van der Waals surface area contributed by atoms with Crippen LogP contribution in [0.3, 0.4) is 0 Å². The number of hydrogen-bond donors (Lipinski definition) is 2. The molecule has 1 atom stereocenters. The minimum Gasteiger partial charge on any atom is -0.382 e. The van der Waals surface area contributed by atoms with Gasteiger partial charge in [-0.25, -0.2) is 0 Å². The SMILES string of the molecule is CN1CCCC(N(C)c2cn[nH]c2N)C1. The lowest BCUT2D eigenvalue weighted by Gasteiger charge is -2.36. The molecular weight excluding hydrogens is 190 g/mol. The third-order valence-electron chi connectivity index (χ3n) is 3.18. The van der Waals surface area contributed by atoms with Crippen molar-refractivity contribution >= 4 is 11.5 Å². The molecule has 0 aromatic carbocycles. The van der Waals surface area contributed by atoms with Gasteiger partial charge in [0.2, 0.25) is 0 Å². The van der Waals surface area contributed by atoms with Crippen LogP contribution in [0, 0.1) is 0 Å². The predicted octanol–water partition coefficient (Wildman–Crippen LogP) is 0.522. The van der Waals surface area contributed by atoms with Gasteiger partial charge in [0.15, 0.2) is 0 Å². The van der Waals surface area contributed by atoms with Crippen molar-refractivity contribution in [1.82, 2.24) is 15.1 Å². The van der Waals surface area contributed by atoms with E-state index in [1.807, 2.05) is 0 Å². The molecule has 2 rings (SSSR count). The van der Waals surface area contributed by atoms with Crippen LogP contribution in [0.1, 0.15) is 12.8 Å². The molecule has 0 bridgehead atoms. The zero-order valence-corrected chi connectivity index (χ0v) is 9.40. The average Bonchev–Trinajstić information content (AvgIpc) is 2.63. The minimum absolute atomic E-state index is 0.545. The molecule has 1 aliphatic rings. The second kappa shape index (κ2) is 4.10. The molecular formula is C10H19N5. The van der Waals surface area contributed by atoms with Gasteiger partial charge < -0.3 is 15.5 Å². The largest absolute Gasteiger partial charge is 0.382 e. The standard InChI is InChI=1S/C10H19N5/c1-14-5-3-4-8(7-14)15(2)9-6-12-13-10(9)11/h6,8H,3-5,7H2,1-2H3,(H3,11,12,13). The van der Waals surface area contributed by atoms with Crippen LogP contribution in [0.4, 0.5) is 11.5 Å². The quantitative estimate of drug-likeness (QED) is 0.745. The summed E-state index contributed by atoms with van der Waals surface area (Å²) in [5.41, 5.74) is 6.82. The summed E-state index contributed by atoms with van der Waals surface area (Å²) in [5, 5.41) is 6.72. The molecule has 15 heavy (non-hydrogen) atoms. The summed E-state index contributed by atoms with van der Waals surface area (Å²) in [6.07, 6.45) is 4.28. The monoisotopic (exact) mass is 209 g/mol. The molecule has 5 heteroatoms. The lowest BCUT2D eigenvalue weighted by Crippen LogP contribution is -2.45. The normalized spacial score (nSPS) is 22.9. The Morgan fingerprint density at radius 1 is 1.67 bits per heavy atom. The Bertz CT molecular complexity index is 321. The maximum Gasteiger partial charge on any atom is 0.142 e. The smallest absolute Gasteiger partial charge is 0.142 e. The highest BCUT2D eigenvalue weighted by Gasteiger charge is 2.22. The van der Waals surface area contributed by atoms with Gasteiger partial charge in [-0.3, -0.25) is 5.10 Å². The molecule has 1 aliphatic heterocycles. The molecule has 0 aliphatic carbocycles. The Morgan fingerprint density at radius 2 is 2.47 bits per heavy atom. The Balaban J connectivity index is 2.07. The maximum absolute atomic E-state index is 5.81. The van der Waals surface area contributed by atoms with Crippen molar-refractivity contribution in [3.8, 4) is 0 Å². The Morgan fingerprint density at radius 3 is 3.07 bits per heavy atom. The number of likely N-dealkylation sites (N-methyl/N-ethyl adjacent to an activating group) is 2. The number of aromatic amines is 1. The molecule has 0 spiro atoms. The molecule has 0 amide bonds. The van der Waals surface area contributed by atoms with E-state index >= 15 is 0 Å². The number of nitrogens with two attached hydrogens (primary N) is 1. The molecule has 1 fully saturated rings. The number of nitrogens with one attached hydrogen (secondary N) is 1. The third kappa shape index (κ3) is 2.07. The van der Waals surface area contributed by atoms with Crippen LogP contribution in [0.15, 0.2) is 6.20 Å². The summed E-state index contributed by atoms with van der Waals surface area (Å²) in [7, 11) is 4.25. The summed E-state index contributed by atoms with van der Waals surface area (Å²) in [5.74, 6) is 0.658. The van der Waals surface area contributed by atoms with E-state index in [2.05, 4.69) is 34.1 Å². The Labute approximate surface area is 90.2 Å². The van der Waals surface area contributed by atoms with E-state index in [4.69, 9.17) is 5.73 Å². The van der Waals surface area contributed by atoms with Crippen LogP contribution < -0.4 is 10.6 Å². The van der Waals surface area contributed by atoms with Gasteiger partial charge in [0, 0.05) is 19.6 Å². The number of rotatable bonds is 2. The van der Waals surface area contributed by atoms with Crippen molar-refractivity contribution in [2.75, 3.05) is 37.8 Å². The summed E-state index contributed by atoms with van der Waals surface area (Å²) in [4.78, 5) is 4.59. The number of anilines is 2. The van der Waals surface area contributed by atoms with Crippen LogP contribution in [-0.4, -0.2) is 48.3 Å². The predicted molar refractivity (Wildman–Crippen MR) is 61.9 cm³/mol. The van der Waals surface area contributed by atoms with Gasteiger partial charge in [-0.05, 0) is 26.4 Å². The van der Waals surface area contributed by atoms with E-state index < -0.39 is 0 Å². The van der Waals surface area contributed by atoms with Crippen molar-refractivity contribution < 1.29 is 0 Å². The van der Waals surface area contributed by atoms with Gasteiger partial charge in [0.25, 0.3) is 0 Å². The third-order valence-corrected chi connectivity index (χ3v) is 3.18. The fraction of sp³-hybridized carbons (Fsp3) is 0.700. The van der Waals surface area contributed by atoms with Gasteiger partial charge in [0.05, 0.1) is 11.9 Å². The van der Waals surface area contributed by atoms with E-state index in [9.17, 15) is 0 Å². The van der Waals surface area contributed by atoms with E-state index in [1.54, 1.807) is 6.20 Å². The number of aromatic nitrogens is 2. The second-order valence-corrected chi connectivity index (χ2v) is 4.34. The van der Waals surface area contributed by atoms with Crippen LogP contribution in [0.5, 0.6) is 0 Å². The van der Waals surface area contributed by atoms with Gasteiger partial charge in [-0.1, -0.05) is 0 Å². The number of hydrogen-bond acceptors (Lipinski definition) is 4. The molecule has 0 saturated carbocycles. The van der Waals surface area contributed by atoms with Crippen molar-refractivity contribution in [3.63, 3.8) is 0 Å². The van der Waals surface area contributed by atoms with E-state index in [0.717, 1.165) is 12.2 Å². The number of likely N-dealkylation sites (tertiary alicyclic amines) is 1. The molecule has 2 heterocycles. The maximum atomic E-state index is 5.81. The molecule has 1 saturated heterocycles. The van der Waals surface area contributed by atoms with Gasteiger partial charge in [-0.15, -0.1) is 0 Å². The first kappa shape index (κ1) is 10.3. The van der Waals surface area contributed by atoms with E-state index in [0.29, 0.717) is 11.9 Å². The van der Waals surface area contributed by atoms with Gasteiger partial charge >= 0.3 is 0 Å². The molecule has 0 radical (unpaired) electrons. The zero-order valence-electron chi connectivity index (χ0n) is 9.40. The number of nitrogen functional groups attached to an aromatic ring is 1. The van der Waals surface area contributed by atoms with Crippen molar-refractivity contribution in [1.29, 1.82) is 0 Å². The second-order valence-electron chi connectivity index (χ2n) is 4.34. The molecule has 3 N–H and O–H groups in total. The Hall–Kier alpha value is -1.23. The van der Waals surface area contributed by atoms with Crippen molar-refractivity contribution in [2.45, 2.75) is 18.9 Å². The van der Waals surface area contributed by atoms with Crippen LogP contribution in [0.2, 0.25) is 0 Å². The van der Waals surface area contributed by atoms with Gasteiger partial charge in [-0.2, -0.15) is 5.10 Å². The number of H-pyrrole nitrogens is 1. The minimum atomic E-state index is 0.545. The van der Waals surface area contributed by atoms with Crippen molar-refractivity contribution in [2.24, 2.45) is 0 Å². The van der Waals surface area contributed by atoms with Crippen molar-refractivity contribution in [3.05, 3.63) is 6.20 Å². The average molecular weight is 209 g/mol. The number of nitrogens with zero attached hydrogens (tertiary/aromatic N) is 3. The van der Waals surface area contributed by atoms with Crippen LogP contribution in [0.25, 0.3) is 0 Å². The molecule has 1 aromatic heterocycles. The first-order valence-corrected chi connectivity index (χ1v) is 5.38. The summed E-state index contributed by atoms with van der Waals surface area (Å²) >= 11 is 0. The summed E-state index contributed by atoms with van der Waals surface area (Å²) < 4.78 is 0. The highest BCUT2D eigenvalue weighted by Crippen LogP contribution is 2.24.